The summed E-state index contributed by atoms with van der Waals surface area (Å²) in [6.45, 7) is 1.31. The van der Waals surface area contributed by atoms with E-state index in [9.17, 15) is 14.7 Å². The lowest BCUT2D eigenvalue weighted by Gasteiger charge is -2.35. The van der Waals surface area contributed by atoms with Crippen molar-refractivity contribution in [2.24, 2.45) is 5.92 Å². The average Bonchev–Trinajstić information content (AvgIpc) is 3.28. The van der Waals surface area contributed by atoms with Crippen LogP contribution in [0, 0.1) is 5.92 Å². The minimum Gasteiger partial charge on any atom is -0.388 e. The van der Waals surface area contributed by atoms with E-state index in [0.717, 1.165) is 31.2 Å². The molecule has 3 aromatic rings. The van der Waals surface area contributed by atoms with Crippen molar-refractivity contribution in [1.82, 2.24) is 15.2 Å². The molecule has 2 aromatic carbocycles. The monoisotopic (exact) mass is 471 g/mol. The second kappa shape index (κ2) is 10.2. The lowest BCUT2D eigenvalue weighted by molar-refractivity contribution is -0.134. The predicted octanol–water partition coefficient (Wildman–Crippen LogP) is 4.18. The quantitative estimate of drug-likeness (QED) is 0.542. The molecule has 2 fully saturated rings. The fourth-order valence-electron chi connectivity index (χ4n) is 5.79. The van der Waals surface area contributed by atoms with E-state index in [0.29, 0.717) is 32.4 Å². The van der Waals surface area contributed by atoms with Crippen molar-refractivity contribution in [3.05, 3.63) is 78.1 Å². The Hall–Kier alpha value is -3.25. The number of benzene rings is 2. The number of nitrogens with zero attached hydrogens (tertiary/aromatic N) is 2. The smallest absolute Gasteiger partial charge is 0.222 e. The van der Waals surface area contributed by atoms with E-state index in [2.05, 4.69) is 40.6 Å². The summed E-state index contributed by atoms with van der Waals surface area (Å²) in [7, 11) is 0. The maximum absolute atomic E-state index is 13.1. The number of aliphatic hydroxyl groups excluding tert-OH is 1. The van der Waals surface area contributed by atoms with Gasteiger partial charge < -0.3 is 15.3 Å². The Labute approximate surface area is 206 Å². The van der Waals surface area contributed by atoms with E-state index >= 15 is 0 Å². The summed E-state index contributed by atoms with van der Waals surface area (Å²) in [5, 5.41) is 16.3. The van der Waals surface area contributed by atoms with Gasteiger partial charge in [-0.05, 0) is 66.0 Å². The molecule has 2 aliphatic rings. The van der Waals surface area contributed by atoms with E-state index < -0.39 is 6.10 Å². The minimum atomic E-state index is -0.543. The summed E-state index contributed by atoms with van der Waals surface area (Å²) in [5.74, 6) is 0.343. The summed E-state index contributed by atoms with van der Waals surface area (Å²) in [4.78, 5) is 31.4. The number of fused-ring (bicyclic) bond motifs is 1. The lowest BCUT2D eigenvalue weighted by atomic mass is 9.83. The van der Waals surface area contributed by atoms with Gasteiger partial charge in [-0.1, -0.05) is 48.5 Å². The molecule has 1 aromatic heterocycles. The molecule has 0 bridgehead atoms. The first-order valence-corrected chi connectivity index (χ1v) is 12.7. The standard InChI is InChI=1S/C29H33N3O3/c33-26-10-14-29(31-26,19-23-7-3-6-21-5-1-2-9-25(21)23)15-11-27(34)32-17-12-22(13-18-32)28(35)24-8-4-16-30-20-24/h1-9,16,20,22,28,35H,10-15,17-19H2,(H,31,33)/t28-,29-/m1/s1. The number of likely N-dealkylation sites (tertiary alicyclic amines) is 1. The number of aliphatic hydroxyl groups is 1. The van der Waals surface area contributed by atoms with Crippen molar-refractivity contribution in [3.63, 3.8) is 0 Å². The first kappa shape index (κ1) is 23.5. The third-order valence-corrected chi connectivity index (χ3v) is 7.83. The molecule has 2 N–H and O–H groups in total. The Bertz CT molecular complexity index is 1180. The third-order valence-electron chi connectivity index (χ3n) is 7.83. The molecule has 2 atom stereocenters. The van der Waals surface area contributed by atoms with E-state index in [1.165, 1.54) is 16.3 Å². The highest BCUT2D eigenvalue weighted by Gasteiger charge is 2.39. The number of hydrogen-bond donors (Lipinski definition) is 2. The lowest BCUT2D eigenvalue weighted by Crippen LogP contribution is -2.45. The SMILES string of the molecule is O=C1CC[C@@](CCC(=O)N2CCC([C@@H](O)c3cccnc3)CC2)(Cc2cccc3ccccc23)N1. The first-order chi connectivity index (χ1) is 17.0. The molecule has 0 spiro atoms. The van der Waals surface area contributed by atoms with E-state index in [1.54, 1.807) is 12.4 Å². The first-order valence-electron chi connectivity index (χ1n) is 12.7. The highest BCUT2D eigenvalue weighted by atomic mass is 16.3. The van der Waals surface area contributed by atoms with Crippen molar-refractivity contribution >= 4 is 22.6 Å². The van der Waals surface area contributed by atoms with Gasteiger partial charge in [0.05, 0.1) is 6.10 Å². The summed E-state index contributed by atoms with van der Waals surface area (Å²) >= 11 is 0. The number of pyridine rings is 1. The van der Waals surface area contributed by atoms with Gasteiger partial charge >= 0.3 is 0 Å². The van der Waals surface area contributed by atoms with Gasteiger partial charge in [-0.2, -0.15) is 0 Å². The fraction of sp³-hybridized carbons (Fsp3) is 0.414. The summed E-state index contributed by atoms with van der Waals surface area (Å²) in [6, 6.07) is 18.4. The van der Waals surface area contributed by atoms with Gasteiger partial charge in [-0.3, -0.25) is 14.6 Å². The van der Waals surface area contributed by atoms with Crippen molar-refractivity contribution in [2.45, 2.75) is 56.6 Å². The number of aromatic nitrogens is 1. The van der Waals surface area contributed by atoms with Gasteiger partial charge in [-0.25, -0.2) is 0 Å². The minimum absolute atomic E-state index is 0.0721. The second-order valence-electron chi connectivity index (χ2n) is 10.1. The summed E-state index contributed by atoms with van der Waals surface area (Å²) < 4.78 is 0. The third kappa shape index (κ3) is 5.22. The van der Waals surface area contributed by atoms with Crippen LogP contribution < -0.4 is 5.32 Å². The number of hydrogen-bond acceptors (Lipinski definition) is 4. The van der Waals surface area contributed by atoms with Gasteiger partial charge in [-0.15, -0.1) is 0 Å². The molecular weight excluding hydrogens is 438 g/mol. The number of nitrogens with one attached hydrogen (secondary N) is 1. The van der Waals surface area contributed by atoms with Crippen molar-refractivity contribution in [2.75, 3.05) is 13.1 Å². The van der Waals surface area contributed by atoms with Crippen LogP contribution in [0.2, 0.25) is 0 Å². The van der Waals surface area contributed by atoms with Crippen LogP contribution in [0.15, 0.2) is 67.0 Å². The van der Waals surface area contributed by atoms with Crippen LogP contribution in [-0.2, 0) is 16.0 Å². The highest BCUT2D eigenvalue weighted by molar-refractivity contribution is 5.86. The number of carbonyl (C=O) groups is 2. The maximum Gasteiger partial charge on any atom is 0.222 e. The molecule has 0 radical (unpaired) electrons. The summed E-state index contributed by atoms with van der Waals surface area (Å²) in [6.07, 6.45) is 7.48. The van der Waals surface area contributed by atoms with Crippen LogP contribution in [0.1, 0.15) is 55.8 Å². The molecule has 2 amide bonds. The van der Waals surface area contributed by atoms with Gasteiger partial charge in [0.2, 0.25) is 11.8 Å². The molecule has 6 heteroatoms. The number of rotatable bonds is 7. The Balaban J connectivity index is 1.21. The maximum atomic E-state index is 13.1. The molecule has 182 valence electrons. The van der Waals surface area contributed by atoms with Crippen molar-refractivity contribution in [1.29, 1.82) is 0 Å². The highest BCUT2D eigenvalue weighted by Crippen LogP contribution is 2.34. The molecule has 35 heavy (non-hydrogen) atoms. The Kier molecular flexibility index (Phi) is 6.82. The molecule has 6 nitrogen and oxygen atoms in total. The molecule has 2 aliphatic heterocycles. The Morgan fingerprint density at radius 2 is 1.91 bits per heavy atom. The largest absolute Gasteiger partial charge is 0.388 e. The van der Waals surface area contributed by atoms with Crippen LogP contribution in [0.3, 0.4) is 0 Å². The van der Waals surface area contributed by atoms with Gasteiger partial charge in [0.25, 0.3) is 0 Å². The van der Waals surface area contributed by atoms with Crippen LogP contribution in [0.25, 0.3) is 10.8 Å². The predicted molar refractivity (Wildman–Crippen MR) is 135 cm³/mol. The number of carbonyl (C=O) groups excluding carboxylic acids is 2. The zero-order chi connectivity index (χ0) is 24.3. The van der Waals surface area contributed by atoms with Crippen LogP contribution in [0.4, 0.5) is 0 Å². The topological polar surface area (TPSA) is 82.5 Å². The summed E-state index contributed by atoms with van der Waals surface area (Å²) in [5.41, 5.74) is 1.67. The van der Waals surface area contributed by atoms with E-state index in [1.807, 2.05) is 29.2 Å². The molecule has 0 saturated carbocycles. The van der Waals surface area contributed by atoms with Gasteiger partial charge in [0.1, 0.15) is 0 Å². The number of piperidine rings is 1. The van der Waals surface area contributed by atoms with Crippen LogP contribution in [-0.4, -0.2) is 45.4 Å². The van der Waals surface area contributed by atoms with Gasteiger partial charge in [0, 0.05) is 43.9 Å². The van der Waals surface area contributed by atoms with Crippen LogP contribution >= 0.6 is 0 Å². The van der Waals surface area contributed by atoms with E-state index in [-0.39, 0.29) is 23.3 Å². The normalized spacial score (nSPS) is 21.7. The van der Waals surface area contributed by atoms with Gasteiger partial charge in [0.15, 0.2) is 0 Å². The second-order valence-corrected chi connectivity index (χ2v) is 10.1. The molecule has 0 unspecified atom stereocenters. The zero-order valence-electron chi connectivity index (χ0n) is 20.0. The number of amides is 2. The van der Waals surface area contributed by atoms with Crippen LogP contribution in [0.5, 0.6) is 0 Å². The Morgan fingerprint density at radius 3 is 2.66 bits per heavy atom. The zero-order valence-corrected chi connectivity index (χ0v) is 20.0. The average molecular weight is 472 g/mol. The Morgan fingerprint density at radius 1 is 1.11 bits per heavy atom. The molecule has 2 saturated heterocycles. The molecular formula is C29H33N3O3. The molecule has 5 rings (SSSR count). The molecule has 0 aliphatic carbocycles. The van der Waals surface area contributed by atoms with Crippen molar-refractivity contribution in [3.8, 4) is 0 Å². The van der Waals surface area contributed by atoms with Crippen molar-refractivity contribution < 1.29 is 14.7 Å². The molecule has 3 heterocycles. The van der Waals surface area contributed by atoms with E-state index in [4.69, 9.17) is 0 Å². The fourth-order valence-corrected chi connectivity index (χ4v) is 5.79.